The van der Waals surface area contributed by atoms with Gasteiger partial charge >= 0.3 is 5.97 Å². The lowest BCUT2D eigenvalue weighted by Crippen LogP contribution is -2.59. The highest BCUT2D eigenvalue weighted by atomic mass is 16.7. The quantitative estimate of drug-likeness (QED) is 0.0267. The zero-order valence-corrected chi connectivity index (χ0v) is 45.1. The number of ether oxygens (including phenoxy) is 4. The number of hydrogen-bond donors (Lipinski definition) is 4. The van der Waals surface area contributed by atoms with Gasteiger partial charge in [0.05, 0.1) is 19.8 Å². The number of allylic oxidation sites excluding steroid dienone is 6. The molecule has 1 aliphatic heterocycles. The molecule has 0 spiro atoms. The third kappa shape index (κ3) is 41.6. The molecule has 1 rings (SSSR count). The van der Waals surface area contributed by atoms with E-state index in [0.29, 0.717) is 13.0 Å². The van der Waals surface area contributed by atoms with Crippen LogP contribution >= 0.6 is 0 Å². The van der Waals surface area contributed by atoms with Gasteiger partial charge in [-0.3, -0.25) is 4.79 Å². The molecule has 9 nitrogen and oxygen atoms in total. The Morgan fingerprint density at radius 1 is 0.464 bits per heavy atom. The van der Waals surface area contributed by atoms with E-state index in [1.54, 1.807) is 0 Å². The fourth-order valence-electron chi connectivity index (χ4n) is 9.21. The molecule has 406 valence electrons. The van der Waals surface area contributed by atoms with Crippen molar-refractivity contribution in [1.29, 1.82) is 0 Å². The maximum Gasteiger partial charge on any atom is 0.306 e. The summed E-state index contributed by atoms with van der Waals surface area (Å²) in [6.07, 6.45) is 57.7. The summed E-state index contributed by atoms with van der Waals surface area (Å²) in [5, 5.41) is 40.4. The van der Waals surface area contributed by atoms with Crippen LogP contribution in [0.15, 0.2) is 36.5 Å². The molecule has 6 unspecified atom stereocenters. The summed E-state index contributed by atoms with van der Waals surface area (Å²) in [5.74, 6) is -0.320. The lowest BCUT2D eigenvalue weighted by Gasteiger charge is -2.39. The highest BCUT2D eigenvalue weighted by molar-refractivity contribution is 5.69. The fraction of sp³-hybridized carbons (Fsp3) is 0.883. The first-order chi connectivity index (χ1) is 33.9. The van der Waals surface area contributed by atoms with Gasteiger partial charge in [-0.05, 0) is 51.4 Å². The summed E-state index contributed by atoms with van der Waals surface area (Å²) in [4.78, 5) is 12.9. The molecule has 0 radical (unpaired) electrons. The van der Waals surface area contributed by atoms with E-state index in [-0.39, 0.29) is 19.2 Å². The molecule has 0 aliphatic carbocycles. The molecule has 0 saturated carbocycles. The van der Waals surface area contributed by atoms with Gasteiger partial charge in [-0.25, -0.2) is 0 Å². The van der Waals surface area contributed by atoms with Crippen LogP contribution in [0.5, 0.6) is 0 Å². The first-order valence-corrected chi connectivity index (χ1v) is 29.6. The number of aliphatic hydroxyl groups is 4. The van der Waals surface area contributed by atoms with E-state index >= 15 is 0 Å². The zero-order chi connectivity index (χ0) is 49.9. The average molecular weight is 978 g/mol. The molecule has 1 heterocycles. The SMILES string of the molecule is CCCCCCC/C=C\C/C=C\C/C=C\CCCCCCCCC(=O)OC(COCCCCCCCCCCCCCCCCCCCCCCCCCCC)COC1OC(CO)C(O)C(O)C1O. The van der Waals surface area contributed by atoms with Crippen LogP contribution in [0.2, 0.25) is 0 Å². The van der Waals surface area contributed by atoms with E-state index in [4.69, 9.17) is 18.9 Å². The van der Waals surface area contributed by atoms with Crippen LogP contribution in [0, 0.1) is 0 Å². The van der Waals surface area contributed by atoms with Crippen molar-refractivity contribution in [3.05, 3.63) is 36.5 Å². The molecule has 0 bridgehead atoms. The molecule has 1 aliphatic rings. The molecule has 9 heteroatoms. The number of rotatable bonds is 52. The molecule has 0 aromatic rings. The molecular formula is C60H112O9. The molecule has 0 aromatic heterocycles. The summed E-state index contributed by atoms with van der Waals surface area (Å²) in [6.45, 7) is 4.59. The first-order valence-electron chi connectivity index (χ1n) is 29.6. The Bertz CT molecular complexity index is 1160. The third-order valence-electron chi connectivity index (χ3n) is 13.8. The third-order valence-corrected chi connectivity index (χ3v) is 13.8. The minimum atomic E-state index is -1.54. The van der Waals surface area contributed by atoms with Gasteiger partial charge in [0, 0.05) is 13.0 Å². The highest BCUT2D eigenvalue weighted by Gasteiger charge is 2.44. The summed E-state index contributed by atoms with van der Waals surface area (Å²) < 4.78 is 23.0. The Morgan fingerprint density at radius 3 is 1.26 bits per heavy atom. The van der Waals surface area contributed by atoms with E-state index in [9.17, 15) is 25.2 Å². The average Bonchev–Trinajstić information content (AvgIpc) is 3.35. The Balaban J connectivity index is 2.14. The molecule has 1 fully saturated rings. The van der Waals surface area contributed by atoms with Gasteiger partial charge in [-0.15, -0.1) is 0 Å². The normalized spacial score (nSPS) is 19.2. The van der Waals surface area contributed by atoms with Crippen LogP contribution in [-0.2, 0) is 23.7 Å². The van der Waals surface area contributed by atoms with Crippen LogP contribution in [0.25, 0.3) is 0 Å². The maximum atomic E-state index is 12.9. The number of esters is 1. The van der Waals surface area contributed by atoms with Crippen molar-refractivity contribution in [2.75, 3.05) is 26.4 Å². The molecule has 0 amide bonds. The number of unbranched alkanes of at least 4 members (excludes halogenated alkanes) is 35. The van der Waals surface area contributed by atoms with Crippen LogP contribution in [0.1, 0.15) is 277 Å². The van der Waals surface area contributed by atoms with Gasteiger partial charge in [0.2, 0.25) is 0 Å². The predicted molar refractivity (Wildman–Crippen MR) is 288 cm³/mol. The van der Waals surface area contributed by atoms with Gasteiger partial charge < -0.3 is 39.4 Å². The highest BCUT2D eigenvalue weighted by Crippen LogP contribution is 2.23. The second-order valence-corrected chi connectivity index (χ2v) is 20.5. The molecule has 1 saturated heterocycles. The number of carbonyl (C=O) groups excluding carboxylic acids is 1. The van der Waals surface area contributed by atoms with Crippen molar-refractivity contribution in [2.45, 2.75) is 314 Å². The van der Waals surface area contributed by atoms with Gasteiger partial charge in [-0.1, -0.05) is 256 Å². The van der Waals surface area contributed by atoms with Crippen LogP contribution in [0.4, 0.5) is 0 Å². The second-order valence-electron chi connectivity index (χ2n) is 20.5. The summed E-state index contributed by atoms with van der Waals surface area (Å²) >= 11 is 0. The summed E-state index contributed by atoms with van der Waals surface area (Å²) in [6, 6.07) is 0. The van der Waals surface area contributed by atoms with Crippen LogP contribution in [0.3, 0.4) is 0 Å². The van der Waals surface area contributed by atoms with E-state index in [0.717, 1.165) is 57.8 Å². The largest absolute Gasteiger partial charge is 0.457 e. The second kappa shape index (κ2) is 51.3. The summed E-state index contributed by atoms with van der Waals surface area (Å²) in [5.41, 5.74) is 0. The lowest BCUT2D eigenvalue weighted by molar-refractivity contribution is -0.305. The van der Waals surface area contributed by atoms with Crippen LogP contribution < -0.4 is 0 Å². The Morgan fingerprint density at radius 2 is 0.841 bits per heavy atom. The molecular weight excluding hydrogens is 865 g/mol. The minimum Gasteiger partial charge on any atom is -0.457 e. The Kier molecular flexibility index (Phi) is 48.7. The number of carbonyl (C=O) groups is 1. The molecule has 0 aromatic carbocycles. The van der Waals surface area contributed by atoms with Crippen LogP contribution in [-0.4, -0.2) is 89.6 Å². The van der Waals surface area contributed by atoms with E-state index in [2.05, 4.69) is 50.3 Å². The van der Waals surface area contributed by atoms with Crippen molar-refractivity contribution < 1.29 is 44.2 Å². The van der Waals surface area contributed by atoms with E-state index < -0.39 is 43.4 Å². The smallest absolute Gasteiger partial charge is 0.306 e. The number of hydrogen-bond acceptors (Lipinski definition) is 9. The monoisotopic (exact) mass is 977 g/mol. The fourth-order valence-corrected chi connectivity index (χ4v) is 9.21. The molecule has 4 N–H and O–H groups in total. The van der Waals surface area contributed by atoms with Crippen molar-refractivity contribution in [2.24, 2.45) is 0 Å². The minimum absolute atomic E-state index is 0.116. The van der Waals surface area contributed by atoms with Crippen molar-refractivity contribution in [3.63, 3.8) is 0 Å². The maximum absolute atomic E-state index is 12.9. The van der Waals surface area contributed by atoms with Crippen molar-refractivity contribution >= 4 is 5.97 Å². The Labute approximate surface area is 425 Å². The van der Waals surface area contributed by atoms with Gasteiger partial charge in [0.1, 0.15) is 30.5 Å². The first kappa shape index (κ1) is 65.4. The molecule has 69 heavy (non-hydrogen) atoms. The zero-order valence-electron chi connectivity index (χ0n) is 45.1. The van der Waals surface area contributed by atoms with E-state index in [1.807, 2.05) is 0 Å². The number of aliphatic hydroxyl groups excluding tert-OH is 4. The van der Waals surface area contributed by atoms with Crippen molar-refractivity contribution in [3.8, 4) is 0 Å². The predicted octanol–water partition coefficient (Wildman–Crippen LogP) is 15.4. The van der Waals surface area contributed by atoms with Crippen molar-refractivity contribution in [1.82, 2.24) is 0 Å². The van der Waals surface area contributed by atoms with Gasteiger partial charge in [0.25, 0.3) is 0 Å². The molecule has 6 atom stereocenters. The van der Waals surface area contributed by atoms with E-state index in [1.165, 1.54) is 199 Å². The van der Waals surface area contributed by atoms with Gasteiger partial charge in [-0.2, -0.15) is 0 Å². The topological polar surface area (TPSA) is 135 Å². The standard InChI is InChI=1S/C60H112O9/c1-3-5-7-9-11-13-15-17-19-21-23-25-26-27-28-30-32-34-36-38-40-42-44-46-48-50-66-52-54(53-67-60-59(65)58(64)57(63)55(51-61)69-60)68-56(62)49-47-45-43-41-39-37-35-33-31-29-24-22-20-18-16-14-12-10-8-6-4-2/h16,18,22,24,31,33,54-55,57-61,63-65H,3-15,17,19-21,23,25-30,32,34-53H2,1-2H3/b18-16-,24-22-,33-31-. The van der Waals surface area contributed by atoms with Gasteiger partial charge in [0.15, 0.2) is 6.29 Å². The summed E-state index contributed by atoms with van der Waals surface area (Å²) in [7, 11) is 0. The Hall–Kier alpha value is -1.59. The lowest BCUT2D eigenvalue weighted by atomic mass is 9.99.